The maximum atomic E-state index is 12.9. The molecule has 1 N–H and O–H groups in total. The molecule has 1 aliphatic rings. The van der Waals surface area contributed by atoms with Crippen LogP contribution in [0.1, 0.15) is 39.7 Å². The summed E-state index contributed by atoms with van der Waals surface area (Å²) in [7, 11) is 0. The van der Waals surface area contributed by atoms with E-state index >= 15 is 0 Å². The molecule has 0 bridgehead atoms. The van der Waals surface area contributed by atoms with Crippen molar-refractivity contribution in [3.05, 3.63) is 29.3 Å². The Kier molecular flexibility index (Phi) is 8.18. The molecule has 1 saturated heterocycles. The molecule has 0 saturated carbocycles. The second-order valence-corrected chi connectivity index (χ2v) is 8.48. The first-order valence-electron chi connectivity index (χ1n) is 10.6. The molecule has 0 aliphatic carbocycles. The fourth-order valence-corrected chi connectivity index (χ4v) is 3.84. The van der Waals surface area contributed by atoms with Gasteiger partial charge < -0.3 is 10.1 Å². The highest BCUT2D eigenvalue weighted by atomic mass is 35.5. The van der Waals surface area contributed by atoms with Crippen molar-refractivity contribution in [1.82, 2.24) is 30.4 Å². The molecule has 1 amide bonds. The summed E-state index contributed by atoms with van der Waals surface area (Å²) in [4.78, 5) is 16.8. The second-order valence-electron chi connectivity index (χ2n) is 8.04. The summed E-state index contributed by atoms with van der Waals surface area (Å²) in [5.41, 5.74) is 0.810. The van der Waals surface area contributed by atoms with Gasteiger partial charge in [0, 0.05) is 36.3 Å². The van der Waals surface area contributed by atoms with Crippen LogP contribution in [0.4, 0.5) is 0 Å². The van der Waals surface area contributed by atoms with Crippen molar-refractivity contribution in [1.29, 1.82) is 0 Å². The minimum atomic E-state index is -0.497. The molecule has 9 heteroatoms. The van der Waals surface area contributed by atoms with Crippen molar-refractivity contribution in [2.75, 3.05) is 32.8 Å². The van der Waals surface area contributed by atoms with Gasteiger partial charge in [-0.15, -0.1) is 10.2 Å². The van der Waals surface area contributed by atoms with Crippen molar-refractivity contribution in [3.8, 4) is 11.4 Å². The summed E-state index contributed by atoms with van der Waals surface area (Å²) in [5.74, 6) is 0.944. The predicted octanol–water partition coefficient (Wildman–Crippen LogP) is 2.81. The van der Waals surface area contributed by atoms with E-state index < -0.39 is 6.04 Å². The van der Waals surface area contributed by atoms with Gasteiger partial charge >= 0.3 is 0 Å². The lowest BCUT2D eigenvalue weighted by Gasteiger charge is -2.35. The third kappa shape index (κ3) is 6.00. The van der Waals surface area contributed by atoms with Crippen molar-refractivity contribution < 1.29 is 9.53 Å². The van der Waals surface area contributed by atoms with Crippen LogP contribution >= 0.6 is 11.6 Å². The summed E-state index contributed by atoms with van der Waals surface area (Å²) < 4.78 is 5.48. The van der Waals surface area contributed by atoms with Crippen LogP contribution in [0.3, 0.4) is 0 Å². The van der Waals surface area contributed by atoms with E-state index in [4.69, 9.17) is 16.3 Å². The third-order valence-corrected chi connectivity index (χ3v) is 5.57. The number of tetrazole rings is 1. The first-order chi connectivity index (χ1) is 14.5. The molecule has 3 rings (SSSR count). The Hall–Kier alpha value is -2.03. The topological polar surface area (TPSA) is 85.2 Å². The molecule has 2 aromatic rings. The van der Waals surface area contributed by atoms with Crippen LogP contribution in [-0.2, 0) is 9.53 Å². The molecule has 1 fully saturated rings. The summed E-state index contributed by atoms with van der Waals surface area (Å²) in [5, 5.41) is 16.4. The summed E-state index contributed by atoms with van der Waals surface area (Å²) in [6, 6.07) is 7.03. The molecule has 1 aromatic heterocycles. The number of benzene rings is 1. The molecular formula is C21H31ClN6O2. The van der Waals surface area contributed by atoms with Crippen LogP contribution in [0.25, 0.3) is 11.4 Å². The van der Waals surface area contributed by atoms with Crippen molar-refractivity contribution in [2.24, 2.45) is 5.92 Å². The number of rotatable bonds is 9. The normalized spacial score (nSPS) is 17.1. The smallest absolute Gasteiger partial charge is 0.246 e. The molecule has 2 unspecified atom stereocenters. The van der Waals surface area contributed by atoms with E-state index in [0.29, 0.717) is 35.8 Å². The van der Waals surface area contributed by atoms with Crippen molar-refractivity contribution >= 4 is 17.5 Å². The SMILES string of the molecule is CCC(C(=O)NCC(CC(C)C)N1CCOCC1)n1nnc(-c2ccc(Cl)cc2)n1. The molecule has 8 nitrogen and oxygen atoms in total. The number of hydrogen-bond acceptors (Lipinski definition) is 6. The van der Waals surface area contributed by atoms with Crippen molar-refractivity contribution in [2.45, 2.75) is 45.7 Å². The number of carbonyl (C=O) groups is 1. The highest BCUT2D eigenvalue weighted by molar-refractivity contribution is 6.30. The van der Waals surface area contributed by atoms with Gasteiger partial charge in [-0.2, -0.15) is 4.80 Å². The standard InChI is InChI=1S/C21H31ClN6O2/c1-4-19(28-25-20(24-26-28)16-5-7-17(22)8-6-16)21(29)23-14-18(13-15(2)3)27-9-11-30-12-10-27/h5-8,15,18-19H,4,9-14H2,1-3H3,(H,23,29). The van der Waals surface area contributed by atoms with E-state index in [1.54, 1.807) is 12.1 Å². The molecule has 2 atom stereocenters. The molecule has 0 spiro atoms. The number of ether oxygens (including phenoxy) is 1. The van der Waals surface area contributed by atoms with Crippen LogP contribution in [0.15, 0.2) is 24.3 Å². The fourth-order valence-electron chi connectivity index (χ4n) is 3.71. The molecule has 1 aliphatic heterocycles. The molecular weight excluding hydrogens is 404 g/mol. The Labute approximate surface area is 182 Å². The van der Waals surface area contributed by atoms with E-state index in [0.717, 1.165) is 38.3 Å². The lowest BCUT2D eigenvalue weighted by molar-refractivity contribution is -0.125. The number of nitrogens with one attached hydrogen (secondary N) is 1. The zero-order valence-corrected chi connectivity index (χ0v) is 18.7. The Morgan fingerprint density at radius 1 is 1.23 bits per heavy atom. The molecule has 30 heavy (non-hydrogen) atoms. The zero-order valence-electron chi connectivity index (χ0n) is 17.9. The molecule has 2 heterocycles. The van der Waals surface area contributed by atoms with Gasteiger partial charge in [-0.25, -0.2) is 0 Å². The average Bonchev–Trinajstić information content (AvgIpc) is 3.22. The third-order valence-electron chi connectivity index (χ3n) is 5.32. The number of nitrogens with zero attached hydrogens (tertiary/aromatic N) is 5. The number of hydrogen-bond donors (Lipinski definition) is 1. The summed E-state index contributed by atoms with van der Waals surface area (Å²) in [6.45, 7) is 10.3. The molecule has 164 valence electrons. The lowest BCUT2D eigenvalue weighted by atomic mass is 10.0. The number of aromatic nitrogens is 4. The van der Waals surface area contributed by atoms with E-state index in [-0.39, 0.29) is 5.91 Å². The van der Waals surface area contributed by atoms with Gasteiger partial charge in [0.05, 0.1) is 13.2 Å². The first kappa shape index (κ1) is 22.7. The average molecular weight is 435 g/mol. The fraction of sp³-hybridized carbons (Fsp3) is 0.619. The maximum absolute atomic E-state index is 12.9. The monoisotopic (exact) mass is 434 g/mol. The number of morpholine rings is 1. The quantitative estimate of drug-likeness (QED) is 0.653. The van der Waals surface area contributed by atoms with Crippen molar-refractivity contribution in [3.63, 3.8) is 0 Å². The van der Waals surface area contributed by atoms with Crippen LogP contribution in [0.5, 0.6) is 0 Å². The van der Waals surface area contributed by atoms with Gasteiger partial charge in [0.1, 0.15) is 0 Å². The molecule has 0 radical (unpaired) electrons. The Bertz CT molecular complexity index is 804. The number of carbonyl (C=O) groups excluding carboxylic acids is 1. The minimum Gasteiger partial charge on any atom is -0.379 e. The number of halogens is 1. The summed E-state index contributed by atoms with van der Waals surface area (Å²) >= 11 is 5.94. The van der Waals surface area contributed by atoms with Crippen LogP contribution in [0.2, 0.25) is 5.02 Å². The Morgan fingerprint density at radius 2 is 1.93 bits per heavy atom. The Morgan fingerprint density at radius 3 is 2.57 bits per heavy atom. The van der Waals surface area contributed by atoms with Crippen LogP contribution < -0.4 is 5.32 Å². The zero-order chi connectivity index (χ0) is 21.5. The van der Waals surface area contributed by atoms with Crippen LogP contribution in [0, 0.1) is 5.92 Å². The predicted molar refractivity (Wildman–Crippen MR) is 116 cm³/mol. The highest BCUT2D eigenvalue weighted by Gasteiger charge is 2.26. The van der Waals surface area contributed by atoms with Crippen LogP contribution in [-0.4, -0.2) is 69.9 Å². The Balaban J connectivity index is 1.64. The van der Waals surface area contributed by atoms with E-state index in [1.807, 2.05) is 19.1 Å². The highest BCUT2D eigenvalue weighted by Crippen LogP contribution is 2.19. The minimum absolute atomic E-state index is 0.0837. The largest absolute Gasteiger partial charge is 0.379 e. The van der Waals surface area contributed by atoms with Gasteiger partial charge in [-0.3, -0.25) is 9.69 Å². The van der Waals surface area contributed by atoms with Gasteiger partial charge in [0.2, 0.25) is 11.7 Å². The van der Waals surface area contributed by atoms with Gasteiger partial charge in [0.15, 0.2) is 6.04 Å². The summed E-state index contributed by atoms with van der Waals surface area (Å²) in [6.07, 6.45) is 1.61. The number of amides is 1. The van der Waals surface area contributed by atoms with E-state index in [2.05, 4.69) is 39.5 Å². The molecule has 1 aromatic carbocycles. The van der Waals surface area contributed by atoms with Gasteiger partial charge in [-0.1, -0.05) is 32.4 Å². The lowest BCUT2D eigenvalue weighted by Crippen LogP contribution is -2.50. The maximum Gasteiger partial charge on any atom is 0.246 e. The first-order valence-corrected chi connectivity index (χ1v) is 11.0. The van der Waals surface area contributed by atoms with Gasteiger partial charge in [-0.05, 0) is 48.2 Å². The van der Waals surface area contributed by atoms with Gasteiger partial charge in [0.25, 0.3) is 0 Å². The second kappa shape index (κ2) is 10.8. The van der Waals surface area contributed by atoms with E-state index in [9.17, 15) is 4.79 Å². The van der Waals surface area contributed by atoms with E-state index in [1.165, 1.54) is 4.80 Å².